The Kier molecular flexibility index (Phi) is 3.70. The normalized spacial score (nSPS) is 11.6. The summed E-state index contributed by atoms with van der Waals surface area (Å²) in [6.45, 7) is 2.09. The van der Waals surface area contributed by atoms with Crippen molar-refractivity contribution in [2.45, 2.75) is 12.5 Å². The molecule has 1 aromatic heterocycles. The molecule has 0 saturated heterocycles. The van der Waals surface area contributed by atoms with Crippen molar-refractivity contribution in [2.24, 2.45) is 0 Å². The fraction of sp³-hybridized carbons (Fsp3) is 0.125. The molecule has 0 amide bonds. The molecule has 3 rings (SSSR count). The maximum atomic E-state index is 6.00. The molecule has 0 aliphatic heterocycles. The Morgan fingerprint density at radius 3 is 1.71 bits per heavy atom. The Bertz CT molecular complexity index is 674. The Labute approximate surface area is 133 Å². The quantitative estimate of drug-likeness (QED) is 0.717. The second-order valence-electron chi connectivity index (χ2n) is 4.93. The summed E-state index contributed by atoms with van der Waals surface area (Å²) in [6, 6.07) is 15.5. The minimum absolute atomic E-state index is 0.480. The maximum absolute atomic E-state index is 6.00. The van der Waals surface area contributed by atoms with Gasteiger partial charge < -0.3 is 0 Å². The van der Waals surface area contributed by atoms with E-state index in [-0.39, 0.29) is 0 Å². The van der Waals surface area contributed by atoms with Crippen molar-refractivity contribution in [1.82, 2.24) is 14.8 Å². The van der Waals surface area contributed by atoms with Gasteiger partial charge in [-0.25, -0.2) is 9.67 Å². The van der Waals surface area contributed by atoms with Crippen LogP contribution in [-0.4, -0.2) is 14.8 Å². The number of halogens is 2. The molecule has 106 valence electrons. The summed E-state index contributed by atoms with van der Waals surface area (Å²) in [6.07, 6.45) is 3.24. The molecule has 0 aliphatic carbocycles. The van der Waals surface area contributed by atoms with Crippen molar-refractivity contribution in [3.8, 4) is 0 Å². The van der Waals surface area contributed by atoms with Crippen LogP contribution in [0.1, 0.15) is 18.1 Å². The van der Waals surface area contributed by atoms with E-state index in [9.17, 15) is 0 Å². The fourth-order valence-electron chi connectivity index (χ4n) is 2.42. The van der Waals surface area contributed by atoms with Crippen LogP contribution in [0, 0.1) is 0 Å². The zero-order chi connectivity index (χ0) is 14.9. The SMILES string of the molecule is CC(c1ccc(Cl)cc1)(c1ccc(Cl)cc1)n1cncn1. The van der Waals surface area contributed by atoms with Crippen LogP contribution >= 0.6 is 23.2 Å². The predicted octanol–water partition coefficient (Wildman–Crippen LogP) is 4.40. The number of nitrogens with zero attached hydrogens (tertiary/aromatic N) is 3. The highest BCUT2D eigenvalue weighted by Crippen LogP contribution is 2.34. The van der Waals surface area contributed by atoms with E-state index in [0.717, 1.165) is 11.1 Å². The van der Waals surface area contributed by atoms with Gasteiger partial charge in [0.05, 0.1) is 0 Å². The highest BCUT2D eigenvalue weighted by atomic mass is 35.5. The van der Waals surface area contributed by atoms with Crippen LogP contribution in [0.25, 0.3) is 0 Å². The molecule has 5 heteroatoms. The van der Waals surface area contributed by atoms with Crippen molar-refractivity contribution in [2.75, 3.05) is 0 Å². The molecule has 3 nitrogen and oxygen atoms in total. The van der Waals surface area contributed by atoms with Crippen molar-refractivity contribution < 1.29 is 0 Å². The van der Waals surface area contributed by atoms with Crippen molar-refractivity contribution in [3.05, 3.63) is 82.4 Å². The van der Waals surface area contributed by atoms with Crippen LogP contribution in [0.15, 0.2) is 61.2 Å². The van der Waals surface area contributed by atoms with Gasteiger partial charge in [0.2, 0.25) is 0 Å². The number of rotatable bonds is 3. The second-order valence-corrected chi connectivity index (χ2v) is 5.80. The summed E-state index contributed by atoms with van der Waals surface area (Å²) in [7, 11) is 0. The van der Waals surface area contributed by atoms with Gasteiger partial charge in [0, 0.05) is 10.0 Å². The van der Waals surface area contributed by atoms with Gasteiger partial charge in [-0.3, -0.25) is 0 Å². The summed E-state index contributed by atoms with van der Waals surface area (Å²) in [5.74, 6) is 0. The number of aromatic nitrogens is 3. The van der Waals surface area contributed by atoms with Crippen LogP contribution in [0.3, 0.4) is 0 Å². The molecule has 1 heterocycles. The molecule has 2 aromatic carbocycles. The largest absolute Gasteiger partial charge is 0.238 e. The van der Waals surface area contributed by atoms with Crippen LogP contribution in [0.2, 0.25) is 10.0 Å². The summed E-state index contributed by atoms with van der Waals surface area (Å²) in [4.78, 5) is 4.07. The molecule has 0 bridgehead atoms. The van der Waals surface area contributed by atoms with Crippen molar-refractivity contribution >= 4 is 23.2 Å². The standard InChI is InChI=1S/C16H13Cl2N3/c1-16(21-11-19-10-20-21,12-2-6-14(17)7-3-12)13-4-8-15(18)9-5-13/h2-11H,1H3. The molecule has 0 atom stereocenters. The topological polar surface area (TPSA) is 30.7 Å². The molecular weight excluding hydrogens is 305 g/mol. The molecule has 0 aliphatic rings. The average Bonchev–Trinajstić information content (AvgIpc) is 3.02. The highest BCUT2D eigenvalue weighted by Gasteiger charge is 2.31. The third-order valence-electron chi connectivity index (χ3n) is 3.69. The van der Waals surface area contributed by atoms with Gasteiger partial charge in [0.25, 0.3) is 0 Å². The van der Waals surface area contributed by atoms with Gasteiger partial charge in [-0.15, -0.1) is 0 Å². The first-order valence-corrected chi connectivity index (χ1v) is 7.23. The second kappa shape index (κ2) is 5.51. The molecule has 0 saturated carbocycles. The molecule has 3 aromatic rings. The third-order valence-corrected chi connectivity index (χ3v) is 4.19. The highest BCUT2D eigenvalue weighted by molar-refractivity contribution is 6.30. The van der Waals surface area contributed by atoms with Gasteiger partial charge in [-0.05, 0) is 42.3 Å². The van der Waals surface area contributed by atoms with E-state index in [1.807, 2.05) is 53.2 Å². The van der Waals surface area contributed by atoms with Gasteiger partial charge >= 0.3 is 0 Å². The minimum atomic E-state index is -0.480. The lowest BCUT2D eigenvalue weighted by Crippen LogP contribution is -2.33. The lowest BCUT2D eigenvalue weighted by molar-refractivity contribution is 0.424. The zero-order valence-corrected chi connectivity index (χ0v) is 12.9. The van der Waals surface area contributed by atoms with Crippen LogP contribution in [-0.2, 0) is 5.54 Å². The summed E-state index contributed by atoms with van der Waals surface area (Å²) in [5, 5.41) is 5.73. The Morgan fingerprint density at radius 1 is 0.857 bits per heavy atom. The lowest BCUT2D eigenvalue weighted by Gasteiger charge is -2.31. The van der Waals surface area contributed by atoms with Crippen LogP contribution in [0.4, 0.5) is 0 Å². The maximum Gasteiger partial charge on any atom is 0.137 e. The summed E-state index contributed by atoms with van der Waals surface area (Å²) >= 11 is 12.0. The molecule has 0 spiro atoms. The van der Waals surface area contributed by atoms with E-state index < -0.39 is 5.54 Å². The Hall–Kier alpha value is -1.84. The van der Waals surface area contributed by atoms with E-state index >= 15 is 0 Å². The molecular formula is C16H13Cl2N3. The zero-order valence-electron chi connectivity index (χ0n) is 11.4. The van der Waals surface area contributed by atoms with E-state index in [0.29, 0.717) is 10.0 Å². The Balaban J connectivity index is 2.20. The molecule has 0 radical (unpaired) electrons. The number of hydrogen-bond acceptors (Lipinski definition) is 2. The van der Waals surface area contributed by atoms with Gasteiger partial charge in [-0.1, -0.05) is 47.5 Å². The minimum Gasteiger partial charge on any atom is -0.238 e. The summed E-state index contributed by atoms with van der Waals surface area (Å²) < 4.78 is 1.83. The summed E-state index contributed by atoms with van der Waals surface area (Å²) in [5.41, 5.74) is 1.66. The fourth-order valence-corrected chi connectivity index (χ4v) is 2.67. The smallest absolute Gasteiger partial charge is 0.137 e. The predicted molar refractivity (Wildman–Crippen MR) is 84.8 cm³/mol. The molecule has 0 unspecified atom stereocenters. The van der Waals surface area contributed by atoms with Gasteiger partial charge in [-0.2, -0.15) is 5.10 Å². The number of hydrogen-bond donors (Lipinski definition) is 0. The first-order valence-electron chi connectivity index (χ1n) is 6.48. The molecule has 0 N–H and O–H groups in total. The van der Waals surface area contributed by atoms with E-state index in [2.05, 4.69) is 17.0 Å². The van der Waals surface area contributed by atoms with E-state index in [1.54, 1.807) is 6.33 Å². The van der Waals surface area contributed by atoms with Crippen molar-refractivity contribution in [1.29, 1.82) is 0 Å². The van der Waals surface area contributed by atoms with Gasteiger partial charge in [0.15, 0.2) is 0 Å². The molecule has 21 heavy (non-hydrogen) atoms. The molecule has 0 fully saturated rings. The monoisotopic (exact) mass is 317 g/mol. The lowest BCUT2D eigenvalue weighted by atomic mass is 9.85. The first-order chi connectivity index (χ1) is 10.1. The van der Waals surface area contributed by atoms with Crippen LogP contribution in [0.5, 0.6) is 0 Å². The van der Waals surface area contributed by atoms with Gasteiger partial charge in [0.1, 0.15) is 18.2 Å². The van der Waals surface area contributed by atoms with Crippen LogP contribution < -0.4 is 0 Å². The average molecular weight is 318 g/mol. The van der Waals surface area contributed by atoms with E-state index in [1.165, 1.54) is 6.33 Å². The third kappa shape index (κ3) is 2.55. The Morgan fingerprint density at radius 2 is 1.33 bits per heavy atom. The number of benzene rings is 2. The van der Waals surface area contributed by atoms with E-state index in [4.69, 9.17) is 23.2 Å². The first kappa shape index (κ1) is 14.1. The van der Waals surface area contributed by atoms with Crippen molar-refractivity contribution in [3.63, 3.8) is 0 Å².